The molecule has 1 unspecified atom stereocenters. The molecule has 4 nitrogen and oxygen atoms in total. The van der Waals surface area contributed by atoms with Crippen molar-refractivity contribution in [2.45, 2.75) is 10.4 Å². The number of fused-ring (bicyclic) bond motifs is 1. The van der Waals surface area contributed by atoms with Gasteiger partial charge in [-0.25, -0.2) is 9.78 Å². The summed E-state index contributed by atoms with van der Waals surface area (Å²) in [4.78, 5) is 15.4. The zero-order valence-electron chi connectivity index (χ0n) is 8.88. The number of amides is 1. The first kappa shape index (κ1) is 10.9. The van der Waals surface area contributed by atoms with E-state index in [1.165, 1.54) is 4.70 Å². The lowest BCUT2D eigenvalue weighted by molar-refractivity contribution is 0.150. The van der Waals surface area contributed by atoms with Crippen molar-refractivity contribution < 1.29 is 9.53 Å². The van der Waals surface area contributed by atoms with Gasteiger partial charge in [0.05, 0.1) is 16.8 Å². The molecule has 1 aromatic carbocycles. The monoisotopic (exact) mass is 266 g/mol. The second-order valence-electron chi connectivity index (χ2n) is 3.67. The third kappa shape index (κ3) is 2.37. The van der Waals surface area contributed by atoms with Crippen LogP contribution in [0.3, 0.4) is 0 Å². The van der Waals surface area contributed by atoms with Crippen molar-refractivity contribution in [2.75, 3.05) is 12.3 Å². The van der Waals surface area contributed by atoms with Crippen LogP contribution in [-0.4, -0.2) is 29.5 Å². The molecule has 1 N–H and O–H groups in total. The Morgan fingerprint density at radius 2 is 2.41 bits per heavy atom. The summed E-state index contributed by atoms with van der Waals surface area (Å²) >= 11 is 3.31. The van der Waals surface area contributed by atoms with E-state index in [9.17, 15) is 4.79 Å². The molecule has 0 aliphatic carbocycles. The van der Waals surface area contributed by atoms with Gasteiger partial charge in [-0.3, -0.25) is 0 Å². The second-order valence-corrected chi connectivity index (χ2v) is 5.96. The number of rotatable bonds is 3. The van der Waals surface area contributed by atoms with Crippen LogP contribution in [-0.2, 0) is 4.74 Å². The minimum Gasteiger partial charge on any atom is -0.443 e. The van der Waals surface area contributed by atoms with E-state index in [1.54, 1.807) is 23.1 Å². The molecule has 17 heavy (non-hydrogen) atoms. The molecule has 1 aromatic heterocycles. The van der Waals surface area contributed by atoms with Crippen LogP contribution in [0.2, 0.25) is 0 Å². The van der Waals surface area contributed by atoms with Crippen molar-refractivity contribution in [3.8, 4) is 0 Å². The molecule has 0 spiro atoms. The number of aromatic nitrogens is 1. The van der Waals surface area contributed by atoms with E-state index in [0.29, 0.717) is 6.54 Å². The van der Waals surface area contributed by atoms with E-state index in [-0.39, 0.29) is 12.2 Å². The molecule has 1 aliphatic rings. The van der Waals surface area contributed by atoms with Gasteiger partial charge in [-0.1, -0.05) is 23.9 Å². The van der Waals surface area contributed by atoms with E-state index in [0.717, 1.165) is 15.6 Å². The fourth-order valence-corrected chi connectivity index (χ4v) is 3.69. The van der Waals surface area contributed by atoms with E-state index in [4.69, 9.17) is 4.74 Å². The van der Waals surface area contributed by atoms with Gasteiger partial charge in [0.2, 0.25) is 0 Å². The summed E-state index contributed by atoms with van der Waals surface area (Å²) in [5.41, 5.74) is 1.03. The Morgan fingerprint density at radius 3 is 3.18 bits per heavy atom. The fraction of sp³-hybridized carbons (Fsp3) is 0.273. The lowest BCUT2D eigenvalue weighted by Crippen LogP contribution is -2.16. The van der Waals surface area contributed by atoms with Gasteiger partial charge in [-0.2, -0.15) is 0 Å². The summed E-state index contributed by atoms with van der Waals surface area (Å²) < 4.78 is 7.28. The minimum atomic E-state index is -0.320. The lowest BCUT2D eigenvalue weighted by Gasteiger charge is -2.04. The molecule has 2 aromatic rings. The smallest absolute Gasteiger partial charge is 0.407 e. The van der Waals surface area contributed by atoms with Crippen molar-refractivity contribution in [1.29, 1.82) is 0 Å². The van der Waals surface area contributed by atoms with Crippen LogP contribution >= 0.6 is 23.1 Å². The van der Waals surface area contributed by atoms with Crippen LogP contribution in [0.5, 0.6) is 0 Å². The van der Waals surface area contributed by atoms with Crippen LogP contribution in [0.15, 0.2) is 28.6 Å². The van der Waals surface area contributed by atoms with Gasteiger partial charge in [-0.15, -0.1) is 11.3 Å². The number of benzene rings is 1. The Kier molecular flexibility index (Phi) is 2.90. The standard InChI is InChI=1S/C11H10N2O2S2/c14-10-12-5-7(15-10)6-16-11-13-8-3-1-2-4-9(8)17-11/h1-4,7H,5-6H2,(H,12,14). The van der Waals surface area contributed by atoms with Crippen molar-refractivity contribution >= 4 is 39.4 Å². The van der Waals surface area contributed by atoms with Gasteiger partial charge in [0.25, 0.3) is 0 Å². The molecule has 0 saturated carbocycles. The number of thiazole rings is 1. The van der Waals surface area contributed by atoms with Crippen LogP contribution in [0.25, 0.3) is 10.2 Å². The molecule has 1 saturated heterocycles. The molecule has 1 amide bonds. The molecule has 0 radical (unpaired) electrons. The predicted molar refractivity (Wildman–Crippen MR) is 68.6 cm³/mol. The topological polar surface area (TPSA) is 51.2 Å². The van der Waals surface area contributed by atoms with Gasteiger partial charge < -0.3 is 10.1 Å². The average Bonchev–Trinajstić information content (AvgIpc) is 2.91. The summed E-state index contributed by atoms with van der Waals surface area (Å²) in [6, 6.07) is 8.07. The predicted octanol–water partition coefficient (Wildman–Crippen LogP) is 2.50. The minimum absolute atomic E-state index is 0.0421. The number of nitrogens with zero attached hydrogens (tertiary/aromatic N) is 1. The van der Waals surface area contributed by atoms with E-state index in [2.05, 4.69) is 16.4 Å². The number of thioether (sulfide) groups is 1. The Balaban J connectivity index is 1.66. The second kappa shape index (κ2) is 4.54. The summed E-state index contributed by atoms with van der Waals surface area (Å²) in [6.45, 7) is 0.594. The van der Waals surface area contributed by atoms with E-state index in [1.807, 2.05) is 18.2 Å². The SMILES string of the molecule is O=C1NCC(CSc2nc3ccccc3s2)O1. The molecule has 1 fully saturated rings. The summed E-state index contributed by atoms with van der Waals surface area (Å²) in [7, 11) is 0. The number of ether oxygens (including phenoxy) is 1. The number of carbonyl (C=O) groups is 1. The fourth-order valence-electron chi connectivity index (χ4n) is 1.60. The van der Waals surface area contributed by atoms with Crippen molar-refractivity contribution in [3.05, 3.63) is 24.3 Å². The largest absolute Gasteiger partial charge is 0.443 e. The molecular weight excluding hydrogens is 256 g/mol. The van der Waals surface area contributed by atoms with E-state index < -0.39 is 0 Å². The van der Waals surface area contributed by atoms with Gasteiger partial charge in [-0.05, 0) is 12.1 Å². The molecular formula is C11H10N2O2S2. The summed E-state index contributed by atoms with van der Waals surface area (Å²) in [5, 5.41) is 2.64. The highest BCUT2D eigenvalue weighted by Crippen LogP contribution is 2.30. The first-order valence-corrected chi connectivity index (χ1v) is 7.04. The number of carbonyl (C=O) groups excluding carboxylic acids is 1. The zero-order valence-corrected chi connectivity index (χ0v) is 10.5. The molecule has 0 bridgehead atoms. The highest BCUT2D eigenvalue weighted by Gasteiger charge is 2.22. The van der Waals surface area contributed by atoms with Gasteiger partial charge >= 0.3 is 6.09 Å². The molecule has 2 heterocycles. The Labute approximate surface area is 106 Å². The third-order valence-electron chi connectivity index (χ3n) is 2.41. The first-order chi connectivity index (χ1) is 8.31. The number of alkyl carbamates (subject to hydrolysis) is 1. The maximum Gasteiger partial charge on any atom is 0.407 e. The third-order valence-corrected chi connectivity index (χ3v) is 4.73. The molecule has 1 atom stereocenters. The van der Waals surface area contributed by atoms with Crippen LogP contribution in [0.1, 0.15) is 0 Å². The van der Waals surface area contributed by atoms with Crippen molar-refractivity contribution in [3.63, 3.8) is 0 Å². The first-order valence-electron chi connectivity index (χ1n) is 5.24. The maximum atomic E-state index is 10.9. The highest BCUT2D eigenvalue weighted by molar-refractivity contribution is 8.01. The summed E-state index contributed by atoms with van der Waals surface area (Å²) in [6.07, 6.45) is -0.362. The lowest BCUT2D eigenvalue weighted by atomic mass is 10.3. The van der Waals surface area contributed by atoms with Gasteiger partial charge in [0.1, 0.15) is 6.10 Å². The average molecular weight is 266 g/mol. The number of nitrogens with one attached hydrogen (secondary N) is 1. The summed E-state index contributed by atoms with van der Waals surface area (Å²) in [5.74, 6) is 0.749. The normalized spacial score (nSPS) is 19.3. The van der Waals surface area contributed by atoms with Gasteiger partial charge in [0, 0.05) is 5.75 Å². The quantitative estimate of drug-likeness (QED) is 0.867. The number of cyclic esters (lactones) is 1. The van der Waals surface area contributed by atoms with E-state index >= 15 is 0 Å². The Bertz CT molecular complexity index is 522. The molecule has 6 heteroatoms. The number of hydrogen-bond acceptors (Lipinski definition) is 5. The number of para-hydroxylation sites is 1. The molecule has 88 valence electrons. The Hall–Kier alpha value is -1.27. The van der Waals surface area contributed by atoms with Crippen molar-refractivity contribution in [1.82, 2.24) is 10.3 Å². The Morgan fingerprint density at radius 1 is 1.53 bits per heavy atom. The molecule has 1 aliphatic heterocycles. The van der Waals surface area contributed by atoms with Gasteiger partial charge in [0.15, 0.2) is 4.34 Å². The maximum absolute atomic E-state index is 10.9. The van der Waals surface area contributed by atoms with Crippen LogP contribution in [0, 0.1) is 0 Å². The van der Waals surface area contributed by atoms with Crippen molar-refractivity contribution in [2.24, 2.45) is 0 Å². The highest BCUT2D eigenvalue weighted by atomic mass is 32.2. The van der Waals surface area contributed by atoms with Crippen LogP contribution < -0.4 is 5.32 Å². The number of hydrogen-bond donors (Lipinski definition) is 1. The molecule has 3 rings (SSSR count). The zero-order chi connectivity index (χ0) is 11.7. The van der Waals surface area contributed by atoms with Crippen LogP contribution in [0.4, 0.5) is 4.79 Å².